The maximum Gasteiger partial charge on any atom is 0.233 e. The summed E-state index contributed by atoms with van der Waals surface area (Å²) in [6, 6.07) is 7.98. The quantitative estimate of drug-likeness (QED) is 0.819. The Morgan fingerprint density at radius 1 is 1.19 bits per heavy atom. The highest BCUT2D eigenvalue weighted by molar-refractivity contribution is 5.88. The minimum absolute atomic E-state index is 0.173. The van der Waals surface area contributed by atoms with Crippen LogP contribution < -0.4 is 5.73 Å². The summed E-state index contributed by atoms with van der Waals surface area (Å²) in [5, 5.41) is 9.89. The number of rotatable bonds is 2. The highest BCUT2D eigenvalue weighted by atomic mass is 16.3. The van der Waals surface area contributed by atoms with Crippen LogP contribution >= 0.6 is 0 Å². The molecule has 1 amide bonds. The fourth-order valence-electron chi connectivity index (χ4n) is 3.83. The minimum atomic E-state index is -0.559. The Kier molecular flexibility index (Phi) is 3.44. The van der Waals surface area contributed by atoms with Crippen LogP contribution in [0.4, 0.5) is 5.69 Å². The smallest absolute Gasteiger partial charge is 0.233 e. The van der Waals surface area contributed by atoms with E-state index in [0.29, 0.717) is 5.69 Å². The van der Waals surface area contributed by atoms with Gasteiger partial charge in [-0.1, -0.05) is 12.1 Å². The summed E-state index contributed by atoms with van der Waals surface area (Å²) < 4.78 is 0. The molecular formula is C17H24N2O2. The standard InChI is InChI=1S/C17H24N2O2/c1-17(2,11-3-5-12(18)6-4-11)16(21)19-13-7-8-14(19)10-15(20)9-13/h3-6,13-15,20H,7-10,18H2,1-2H3. The van der Waals surface area contributed by atoms with Crippen LogP contribution in [0.15, 0.2) is 24.3 Å². The van der Waals surface area contributed by atoms with E-state index in [1.165, 1.54) is 0 Å². The molecule has 0 aliphatic carbocycles. The first kappa shape index (κ1) is 14.4. The van der Waals surface area contributed by atoms with E-state index in [-0.39, 0.29) is 24.1 Å². The van der Waals surface area contributed by atoms with Crippen LogP contribution in [0.5, 0.6) is 0 Å². The molecule has 3 rings (SSSR count). The first-order valence-electron chi connectivity index (χ1n) is 7.76. The number of aliphatic hydroxyl groups excluding tert-OH is 1. The molecule has 21 heavy (non-hydrogen) atoms. The first-order valence-corrected chi connectivity index (χ1v) is 7.76. The molecule has 4 heteroatoms. The van der Waals surface area contributed by atoms with Gasteiger partial charge in [0.25, 0.3) is 0 Å². The number of benzene rings is 1. The Labute approximate surface area is 125 Å². The first-order chi connectivity index (χ1) is 9.89. The van der Waals surface area contributed by atoms with E-state index in [0.717, 1.165) is 31.2 Å². The minimum Gasteiger partial charge on any atom is -0.399 e. The van der Waals surface area contributed by atoms with E-state index in [2.05, 4.69) is 0 Å². The van der Waals surface area contributed by atoms with Gasteiger partial charge < -0.3 is 15.7 Å². The molecule has 0 saturated carbocycles. The van der Waals surface area contributed by atoms with Gasteiger partial charge in [0.2, 0.25) is 5.91 Å². The van der Waals surface area contributed by atoms with E-state index in [1.54, 1.807) is 0 Å². The molecule has 4 nitrogen and oxygen atoms in total. The average molecular weight is 288 g/mol. The van der Waals surface area contributed by atoms with Crippen LogP contribution in [0, 0.1) is 0 Å². The number of nitrogens with zero attached hydrogens (tertiary/aromatic N) is 1. The molecule has 0 spiro atoms. The number of fused-ring (bicyclic) bond motifs is 2. The fourth-order valence-corrected chi connectivity index (χ4v) is 3.83. The number of nitrogen functional groups attached to an aromatic ring is 1. The van der Waals surface area contributed by atoms with Crippen LogP contribution in [0.25, 0.3) is 0 Å². The zero-order valence-corrected chi connectivity index (χ0v) is 12.7. The number of amides is 1. The Balaban J connectivity index is 1.86. The molecule has 0 aromatic heterocycles. The van der Waals surface area contributed by atoms with Crippen molar-refractivity contribution >= 4 is 11.6 Å². The van der Waals surface area contributed by atoms with Gasteiger partial charge in [-0.3, -0.25) is 4.79 Å². The third-order valence-electron chi connectivity index (χ3n) is 5.11. The molecule has 1 aromatic carbocycles. The van der Waals surface area contributed by atoms with E-state index in [1.807, 2.05) is 43.0 Å². The van der Waals surface area contributed by atoms with Crippen molar-refractivity contribution in [2.24, 2.45) is 0 Å². The molecule has 2 heterocycles. The molecule has 2 aliphatic rings. The van der Waals surface area contributed by atoms with Crippen LogP contribution in [0.1, 0.15) is 45.1 Å². The van der Waals surface area contributed by atoms with E-state index in [9.17, 15) is 9.90 Å². The van der Waals surface area contributed by atoms with Crippen molar-refractivity contribution in [1.29, 1.82) is 0 Å². The summed E-state index contributed by atoms with van der Waals surface area (Å²) in [4.78, 5) is 15.1. The van der Waals surface area contributed by atoms with E-state index >= 15 is 0 Å². The number of carbonyl (C=O) groups excluding carboxylic acids is 1. The molecule has 2 bridgehead atoms. The Morgan fingerprint density at radius 3 is 2.24 bits per heavy atom. The second-order valence-electron chi connectivity index (χ2n) is 6.97. The molecule has 2 atom stereocenters. The maximum atomic E-state index is 13.1. The second-order valence-corrected chi connectivity index (χ2v) is 6.97. The maximum absolute atomic E-state index is 13.1. The lowest BCUT2D eigenvalue weighted by Crippen LogP contribution is -2.53. The number of aliphatic hydroxyl groups is 1. The number of hydrogen-bond acceptors (Lipinski definition) is 3. The van der Waals surface area contributed by atoms with Gasteiger partial charge in [-0.05, 0) is 57.2 Å². The largest absolute Gasteiger partial charge is 0.399 e. The third-order valence-corrected chi connectivity index (χ3v) is 5.11. The summed E-state index contributed by atoms with van der Waals surface area (Å²) in [7, 11) is 0. The van der Waals surface area contributed by atoms with Crippen LogP contribution in [0.3, 0.4) is 0 Å². The van der Waals surface area contributed by atoms with Crippen LogP contribution in [-0.4, -0.2) is 34.1 Å². The van der Waals surface area contributed by atoms with Gasteiger partial charge in [0, 0.05) is 17.8 Å². The highest BCUT2D eigenvalue weighted by Crippen LogP contribution is 2.39. The summed E-state index contributed by atoms with van der Waals surface area (Å²) in [6.45, 7) is 3.96. The second kappa shape index (κ2) is 5.02. The van der Waals surface area contributed by atoms with Crippen LogP contribution in [0.2, 0.25) is 0 Å². The number of piperidine rings is 1. The Bertz CT molecular complexity index is 524. The van der Waals surface area contributed by atoms with Crippen molar-refractivity contribution in [3.63, 3.8) is 0 Å². The highest BCUT2D eigenvalue weighted by Gasteiger charge is 2.46. The molecule has 0 radical (unpaired) electrons. The van der Waals surface area contributed by atoms with Gasteiger partial charge in [-0.2, -0.15) is 0 Å². The van der Waals surface area contributed by atoms with Gasteiger partial charge >= 0.3 is 0 Å². The molecule has 2 unspecified atom stereocenters. The van der Waals surface area contributed by atoms with Crippen LogP contribution in [-0.2, 0) is 10.2 Å². The zero-order valence-electron chi connectivity index (χ0n) is 12.7. The van der Waals surface area contributed by atoms with Gasteiger partial charge in [0.1, 0.15) is 0 Å². The summed E-state index contributed by atoms with van der Waals surface area (Å²) in [5.41, 5.74) is 6.88. The topological polar surface area (TPSA) is 66.6 Å². The summed E-state index contributed by atoms with van der Waals surface area (Å²) in [5.74, 6) is 0.173. The Morgan fingerprint density at radius 2 is 1.71 bits per heavy atom. The SMILES string of the molecule is CC(C)(C(=O)N1C2CCC1CC(O)C2)c1ccc(N)cc1. The Hall–Kier alpha value is -1.55. The molecule has 3 N–H and O–H groups in total. The molecule has 2 fully saturated rings. The van der Waals surface area contributed by atoms with Crippen molar-refractivity contribution in [1.82, 2.24) is 4.90 Å². The van der Waals surface area contributed by atoms with Gasteiger partial charge in [0.05, 0.1) is 11.5 Å². The predicted molar refractivity (Wildman–Crippen MR) is 82.8 cm³/mol. The fraction of sp³-hybridized carbons (Fsp3) is 0.588. The number of anilines is 1. The molecular weight excluding hydrogens is 264 g/mol. The van der Waals surface area contributed by atoms with Gasteiger partial charge in [-0.15, -0.1) is 0 Å². The summed E-state index contributed by atoms with van der Waals surface area (Å²) in [6.07, 6.45) is 3.24. The summed E-state index contributed by atoms with van der Waals surface area (Å²) >= 11 is 0. The molecule has 1 aromatic rings. The van der Waals surface area contributed by atoms with Gasteiger partial charge in [-0.25, -0.2) is 0 Å². The normalized spacial score (nSPS) is 28.7. The van der Waals surface area contributed by atoms with Gasteiger partial charge in [0.15, 0.2) is 0 Å². The third kappa shape index (κ3) is 2.42. The zero-order chi connectivity index (χ0) is 15.2. The van der Waals surface area contributed by atoms with Crippen molar-refractivity contribution in [3.05, 3.63) is 29.8 Å². The lowest BCUT2D eigenvalue weighted by atomic mass is 9.81. The lowest BCUT2D eigenvalue weighted by Gasteiger charge is -2.41. The molecule has 114 valence electrons. The number of carbonyl (C=O) groups is 1. The molecule has 2 saturated heterocycles. The van der Waals surface area contributed by atoms with Crippen molar-refractivity contribution in [2.75, 3.05) is 5.73 Å². The predicted octanol–water partition coefficient (Wildman–Crippen LogP) is 2.06. The van der Waals surface area contributed by atoms with E-state index < -0.39 is 5.41 Å². The number of nitrogens with two attached hydrogens (primary N) is 1. The van der Waals surface area contributed by atoms with Crippen molar-refractivity contribution < 1.29 is 9.90 Å². The number of hydrogen-bond donors (Lipinski definition) is 2. The van der Waals surface area contributed by atoms with Crippen molar-refractivity contribution in [2.45, 2.75) is 63.1 Å². The van der Waals surface area contributed by atoms with Crippen molar-refractivity contribution in [3.8, 4) is 0 Å². The molecule has 2 aliphatic heterocycles. The monoisotopic (exact) mass is 288 g/mol. The lowest BCUT2D eigenvalue weighted by molar-refractivity contribution is -0.142. The average Bonchev–Trinajstić information content (AvgIpc) is 2.70. The van der Waals surface area contributed by atoms with E-state index in [4.69, 9.17) is 5.73 Å².